The fourth-order valence-corrected chi connectivity index (χ4v) is 6.76. The fraction of sp³-hybridized carbons (Fsp3) is 0.379. The maximum Gasteiger partial charge on any atom is 0.235 e. The first-order valence-electron chi connectivity index (χ1n) is 12.9. The van der Waals surface area contributed by atoms with Gasteiger partial charge in [0, 0.05) is 18.7 Å². The topological polar surface area (TPSA) is 179 Å². The number of nitrogens with two attached hydrogens (primary N) is 1. The van der Waals surface area contributed by atoms with Crippen molar-refractivity contribution in [2.75, 3.05) is 26.5 Å². The predicted octanol–water partition coefficient (Wildman–Crippen LogP) is 0.604. The van der Waals surface area contributed by atoms with Gasteiger partial charge in [-0.15, -0.1) is 0 Å². The summed E-state index contributed by atoms with van der Waals surface area (Å²) < 4.78 is 0. The number of anilines is 1. The minimum absolute atomic E-state index is 0.00178. The van der Waals surface area contributed by atoms with Crippen LogP contribution in [-0.4, -0.2) is 83.3 Å². The van der Waals surface area contributed by atoms with Crippen LogP contribution in [0.2, 0.25) is 0 Å². The first kappa shape index (κ1) is 27.4. The number of Topliss-reactive ketones (excluding diaryl/α,β-unsaturated/α-hetero) is 4. The monoisotopic (exact) mass is 546 g/mol. The highest BCUT2D eigenvalue weighted by atomic mass is 16.3. The van der Waals surface area contributed by atoms with Gasteiger partial charge in [0.25, 0.3) is 0 Å². The summed E-state index contributed by atoms with van der Waals surface area (Å²) in [4.78, 5) is 71.8. The third-order valence-corrected chi connectivity index (χ3v) is 8.50. The molecule has 0 aromatic heterocycles. The van der Waals surface area contributed by atoms with E-state index in [9.17, 15) is 34.2 Å². The van der Waals surface area contributed by atoms with Crippen LogP contribution < -0.4 is 11.1 Å². The Morgan fingerprint density at radius 2 is 1.77 bits per heavy atom. The minimum atomic E-state index is -2.74. The molecule has 0 radical (unpaired) electrons. The lowest BCUT2D eigenvalue weighted by Crippen LogP contribution is -2.74. The number of hydrogen-bond acceptors (Lipinski definition) is 9. The van der Waals surface area contributed by atoms with Crippen molar-refractivity contribution in [2.24, 2.45) is 34.4 Å². The summed E-state index contributed by atoms with van der Waals surface area (Å²) in [5, 5.41) is 25.4. The van der Waals surface area contributed by atoms with Crippen molar-refractivity contribution < 1.29 is 34.2 Å². The Hall–Kier alpha value is -4.22. The van der Waals surface area contributed by atoms with Crippen LogP contribution in [0.25, 0.3) is 11.1 Å². The first-order valence-corrected chi connectivity index (χ1v) is 12.9. The van der Waals surface area contributed by atoms with Crippen LogP contribution >= 0.6 is 0 Å². The highest BCUT2D eigenvalue weighted by Gasteiger charge is 2.69. The normalized spacial score (nSPS) is 29.8. The van der Waals surface area contributed by atoms with E-state index in [0.29, 0.717) is 11.1 Å². The van der Waals surface area contributed by atoms with Gasteiger partial charge < -0.3 is 21.3 Å². The second-order valence-corrected chi connectivity index (χ2v) is 10.9. The van der Waals surface area contributed by atoms with Crippen molar-refractivity contribution in [3.05, 3.63) is 47.5 Å². The van der Waals surface area contributed by atoms with E-state index in [1.165, 1.54) is 11.0 Å². The molecule has 0 bridgehead atoms. The summed E-state index contributed by atoms with van der Waals surface area (Å²) in [5.41, 5.74) is 5.39. The summed E-state index contributed by atoms with van der Waals surface area (Å²) in [5.74, 6) is -10.6. The number of likely N-dealkylation sites (N-methyl/N-ethyl adjacent to an activating group) is 1. The number of primary amides is 1. The Balaban J connectivity index is 1.60. The average molecular weight is 547 g/mol. The van der Waals surface area contributed by atoms with E-state index in [-0.39, 0.29) is 24.2 Å². The smallest absolute Gasteiger partial charge is 0.235 e. The number of nitrogens with one attached hydrogen (secondary N) is 1. The molecule has 2 aromatic carbocycles. The van der Waals surface area contributed by atoms with Crippen LogP contribution in [0.3, 0.4) is 0 Å². The number of aliphatic hydroxyl groups is 1. The molecule has 1 amide bonds. The van der Waals surface area contributed by atoms with Crippen LogP contribution in [0.5, 0.6) is 5.75 Å². The lowest BCUT2D eigenvalue weighted by molar-refractivity contribution is -0.181. The Bertz CT molecular complexity index is 1480. The zero-order chi connectivity index (χ0) is 29.1. The Morgan fingerprint density at radius 1 is 1.10 bits per heavy atom. The van der Waals surface area contributed by atoms with E-state index < -0.39 is 64.4 Å². The summed E-state index contributed by atoms with van der Waals surface area (Å²) in [7, 11) is 4.74. The third-order valence-electron chi connectivity index (χ3n) is 8.50. The number of aromatic hydroxyl groups is 1. The van der Waals surface area contributed by atoms with Crippen LogP contribution in [0, 0.1) is 23.7 Å². The average Bonchev–Trinajstić information content (AvgIpc) is 2.89. The standard InChI is InChI=1S/C29H30N4O7/c1-31-12-32-15-6-4-13(5-7-15)16-8-9-19(34)21-17(16)10-14-11-18-23(33(2)3)25(36)22(28(30)39)27(38)29(18,40)26(37)20(14)24(21)35/h4-9,12,14,18,20,22-23,34,40H,10-11H2,1-3H3,(H2,30,39)(H,31,32). The number of nitrogens with zero attached hydrogens (tertiary/aromatic N) is 2. The van der Waals surface area contributed by atoms with Crippen molar-refractivity contribution in [2.45, 2.75) is 24.5 Å². The van der Waals surface area contributed by atoms with Gasteiger partial charge in [-0.2, -0.15) is 0 Å². The van der Waals surface area contributed by atoms with Crippen LogP contribution in [0.15, 0.2) is 41.4 Å². The highest BCUT2D eigenvalue weighted by Crippen LogP contribution is 2.51. The van der Waals surface area contributed by atoms with Crippen molar-refractivity contribution in [3.63, 3.8) is 0 Å². The molecule has 5 N–H and O–H groups in total. The van der Waals surface area contributed by atoms with Gasteiger partial charge in [-0.3, -0.25) is 33.9 Å². The van der Waals surface area contributed by atoms with Gasteiger partial charge in [0.1, 0.15) is 5.75 Å². The molecule has 2 aromatic rings. The Labute approximate surface area is 230 Å². The zero-order valence-electron chi connectivity index (χ0n) is 22.2. The number of rotatable bonds is 5. The molecule has 2 fully saturated rings. The lowest BCUT2D eigenvalue weighted by Gasteiger charge is -2.52. The maximum absolute atomic E-state index is 13.9. The van der Waals surface area contributed by atoms with E-state index in [2.05, 4.69) is 10.3 Å². The molecule has 6 unspecified atom stereocenters. The maximum atomic E-state index is 13.9. The van der Waals surface area contributed by atoms with E-state index in [0.717, 1.165) is 11.3 Å². The first-order chi connectivity index (χ1) is 18.9. The zero-order valence-corrected chi connectivity index (χ0v) is 22.2. The number of aliphatic imine (C=N–C) groups is 1. The Morgan fingerprint density at radius 3 is 2.38 bits per heavy atom. The molecule has 3 aliphatic rings. The van der Waals surface area contributed by atoms with Gasteiger partial charge in [0.15, 0.2) is 34.7 Å². The molecule has 0 heterocycles. The van der Waals surface area contributed by atoms with Gasteiger partial charge in [0.2, 0.25) is 5.91 Å². The van der Waals surface area contributed by atoms with Gasteiger partial charge >= 0.3 is 0 Å². The molecule has 0 saturated heterocycles. The van der Waals surface area contributed by atoms with Gasteiger partial charge in [-0.1, -0.05) is 18.2 Å². The number of fused-ring (bicyclic) bond motifs is 3. The summed E-state index contributed by atoms with van der Waals surface area (Å²) in [6, 6.07) is 9.31. The van der Waals surface area contributed by atoms with E-state index in [1.807, 2.05) is 24.3 Å². The number of amides is 1. The second-order valence-electron chi connectivity index (χ2n) is 10.9. The lowest BCUT2D eigenvalue weighted by atomic mass is 9.52. The third kappa shape index (κ3) is 3.88. The van der Waals surface area contributed by atoms with Crippen molar-refractivity contribution in [1.82, 2.24) is 4.90 Å². The van der Waals surface area contributed by atoms with Gasteiger partial charge in [-0.25, -0.2) is 0 Å². The van der Waals surface area contributed by atoms with Crippen molar-refractivity contribution >= 4 is 41.1 Å². The molecule has 208 valence electrons. The van der Waals surface area contributed by atoms with E-state index >= 15 is 0 Å². The minimum Gasteiger partial charge on any atom is -0.507 e. The molecule has 6 atom stereocenters. The molecule has 3 aliphatic carbocycles. The number of ketones is 4. The summed E-state index contributed by atoms with van der Waals surface area (Å²) >= 11 is 0. The largest absolute Gasteiger partial charge is 0.507 e. The van der Waals surface area contributed by atoms with Gasteiger partial charge in [-0.05, 0) is 67.7 Å². The summed E-state index contributed by atoms with van der Waals surface area (Å²) in [6.45, 7) is 0. The number of carbonyl (C=O) groups is 5. The number of phenolic OH excluding ortho intramolecular Hbond substituents is 1. The molecule has 40 heavy (non-hydrogen) atoms. The molecule has 5 rings (SSSR count). The van der Waals surface area contributed by atoms with E-state index in [4.69, 9.17) is 5.73 Å². The number of carbonyl (C=O) groups excluding carboxylic acids is 5. The fourth-order valence-electron chi connectivity index (χ4n) is 6.76. The number of phenols is 1. The molecular weight excluding hydrogens is 516 g/mol. The highest BCUT2D eigenvalue weighted by molar-refractivity contribution is 6.32. The molecule has 11 nitrogen and oxygen atoms in total. The van der Waals surface area contributed by atoms with Crippen molar-refractivity contribution in [1.29, 1.82) is 0 Å². The second kappa shape index (κ2) is 9.76. The predicted molar refractivity (Wildman–Crippen MR) is 145 cm³/mol. The van der Waals surface area contributed by atoms with E-state index in [1.54, 1.807) is 33.5 Å². The van der Waals surface area contributed by atoms with Crippen LogP contribution in [-0.2, 0) is 25.6 Å². The quantitative estimate of drug-likeness (QED) is 0.237. The van der Waals surface area contributed by atoms with Gasteiger partial charge in [0.05, 0.1) is 23.9 Å². The molecule has 11 heteroatoms. The van der Waals surface area contributed by atoms with Crippen LogP contribution in [0.1, 0.15) is 22.3 Å². The SMILES string of the molecule is CN=CNc1ccc(-c2ccc(O)c3c2CC2CC4C(N(C)C)C(=O)C(C(N)=O)C(=O)C4(O)C(=O)C2C3=O)cc1. The number of hydrogen-bond donors (Lipinski definition) is 4. The Kier molecular flexibility index (Phi) is 6.67. The molecule has 0 spiro atoms. The van der Waals surface area contributed by atoms with Crippen LogP contribution in [0.4, 0.5) is 5.69 Å². The summed E-state index contributed by atoms with van der Waals surface area (Å²) in [6.07, 6.45) is 1.74. The molecule has 2 saturated carbocycles. The molecular formula is C29H30N4O7. The van der Waals surface area contributed by atoms with Crippen molar-refractivity contribution in [3.8, 4) is 16.9 Å². The number of benzene rings is 2. The molecule has 0 aliphatic heterocycles.